The molecule has 1 atom stereocenters. The molecule has 0 aliphatic carbocycles. The Labute approximate surface area is 92.5 Å². The van der Waals surface area contributed by atoms with Crippen LogP contribution in [0.25, 0.3) is 0 Å². The predicted molar refractivity (Wildman–Crippen MR) is 64.2 cm³/mol. The molecule has 0 spiro atoms. The Morgan fingerprint density at radius 3 is 2.47 bits per heavy atom. The van der Waals surface area contributed by atoms with Crippen molar-refractivity contribution in [2.24, 2.45) is 0 Å². The molecule has 1 rings (SSSR count). The van der Waals surface area contributed by atoms with E-state index in [0.29, 0.717) is 12.3 Å². The highest BCUT2D eigenvalue weighted by molar-refractivity contribution is 5.49. The molecule has 0 saturated carbocycles. The first-order valence-electron chi connectivity index (χ1n) is 5.80. The van der Waals surface area contributed by atoms with Crippen molar-refractivity contribution in [2.45, 2.75) is 45.4 Å². The smallest absolute Gasteiger partial charge is 0.120 e. The third-order valence-corrected chi connectivity index (χ3v) is 2.95. The minimum atomic E-state index is 0.647. The SMILES string of the molecule is CCC(C)c1ccc(CCCC=O)cc1. The van der Waals surface area contributed by atoms with E-state index in [1.165, 1.54) is 17.5 Å². The average Bonchev–Trinajstić information content (AvgIpc) is 2.29. The van der Waals surface area contributed by atoms with Crippen LogP contribution in [0.1, 0.15) is 50.2 Å². The average molecular weight is 204 g/mol. The zero-order valence-electron chi connectivity index (χ0n) is 9.70. The van der Waals surface area contributed by atoms with Crippen molar-refractivity contribution in [3.05, 3.63) is 35.4 Å². The fourth-order valence-electron chi connectivity index (χ4n) is 1.64. The van der Waals surface area contributed by atoms with Crippen molar-refractivity contribution in [3.8, 4) is 0 Å². The fraction of sp³-hybridized carbons (Fsp3) is 0.500. The summed E-state index contributed by atoms with van der Waals surface area (Å²) < 4.78 is 0. The van der Waals surface area contributed by atoms with Crippen LogP contribution >= 0.6 is 0 Å². The molecule has 0 aromatic heterocycles. The topological polar surface area (TPSA) is 17.1 Å². The van der Waals surface area contributed by atoms with Crippen molar-refractivity contribution in [2.75, 3.05) is 0 Å². The zero-order chi connectivity index (χ0) is 11.1. The normalized spacial score (nSPS) is 12.4. The van der Waals surface area contributed by atoms with Gasteiger partial charge >= 0.3 is 0 Å². The molecule has 1 aromatic carbocycles. The summed E-state index contributed by atoms with van der Waals surface area (Å²) in [4.78, 5) is 10.2. The van der Waals surface area contributed by atoms with E-state index in [4.69, 9.17) is 0 Å². The lowest BCUT2D eigenvalue weighted by molar-refractivity contribution is -0.107. The highest BCUT2D eigenvalue weighted by Gasteiger charge is 2.01. The summed E-state index contributed by atoms with van der Waals surface area (Å²) in [5.74, 6) is 0.647. The molecule has 1 heteroatoms. The summed E-state index contributed by atoms with van der Waals surface area (Å²) in [7, 11) is 0. The van der Waals surface area contributed by atoms with Gasteiger partial charge < -0.3 is 4.79 Å². The number of benzene rings is 1. The molecule has 0 bridgehead atoms. The van der Waals surface area contributed by atoms with Gasteiger partial charge in [-0.05, 0) is 36.3 Å². The van der Waals surface area contributed by atoms with Crippen LogP contribution in [0, 0.1) is 0 Å². The van der Waals surface area contributed by atoms with Gasteiger partial charge in [-0.25, -0.2) is 0 Å². The van der Waals surface area contributed by atoms with E-state index in [1.54, 1.807) is 0 Å². The van der Waals surface area contributed by atoms with Crippen LogP contribution in [0.15, 0.2) is 24.3 Å². The van der Waals surface area contributed by atoms with Crippen molar-refractivity contribution in [1.82, 2.24) is 0 Å². The van der Waals surface area contributed by atoms with Gasteiger partial charge in [-0.3, -0.25) is 0 Å². The first-order chi connectivity index (χ1) is 7.27. The second kappa shape index (κ2) is 6.39. The summed E-state index contributed by atoms with van der Waals surface area (Å²) in [5, 5.41) is 0. The Morgan fingerprint density at radius 2 is 1.93 bits per heavy atom. The third-order valence-electron chi connectivity index (χ3n) is 2.95. The summed E-state index contributed by atoms with van der Waals surface area (Å²) in [6.07, 6.45) is 4.83. The van der Waals surface area contributed by atoms with E-state index in [-0.39, 0.29) is 0 Å². The number of unbranched alkanes of at least 4 members (excludes halogenated alkanes) is 1. The molecule has 0 N–H and O–H groups in total. The van der Waals surface area contributed by atoms with Gasteiger partial charge in [0.1, 0.15) is 6.29 Å². The van der Waals surface area contributed by atoms with Crippen LogP contribution in [-0.4, -0.2) is 6.29 Å². The largest absolute Gasteiger partial charge is 0.303 e. The van der Waals surface area contributed by atoms with E-state index in [2.05, 4.69) is 38.1 Å². The van der Waals surface area contributed by atoms with Gasteiger partial charge in [0.05, 0.1) is 0 Å². The van der Waals surface area contributed by atoms with Crippen LogP contribution in [0.5, 0.6) is 0 Å². The summed E-state index contributed by atoms with van der Waals surface area (Å²) in [6, 6.07) is 8.80. The maximum atomic E-state index is 10.2. The van der Waals surface area contributed by atoms with Gasteiger partial charge in [0.15, 0.2) is 0 Å². The molecule has 0 radical (unpaired) electrons. The second-order valence-electron chi connectivity index (χ2n) is 4.11. The Bertz CT molecular complexity index is 287. The van der Waals surface area contributed by atoms with Crippen molar-refractivity contribution in [1.29, 1.82) is 0 Å². The van der Waals surface area contributed by atoms with Gasteiger partial charge in [-0.15, -0.1) is 0 Å². The van der Waals surface area contributed by atoms with Gasteiger partial charge in [-0.2, -0.15) is 0 Å². The van der Waals surface area contributed by atoms with Crippen LogP contribution < -0.4 is 0 Å². The van der Waals surface area contributed by atoms with Gasteiger partial charge in [-0.1, -0.05) is 38.1 Å². The lowest BCUT2D eigenvalue weighted by Crippen LogP contribution is -1.92. The molecule has 0 heterocycles. The minimum absolute atomic E-state index is 0.647. The van der Waals surface area contributed by atoms with Crippen LogP contribution in [-0.2, 0) is 11.2 Å². The molecule has 1 aromatic rings. The molecule has 1 nitrogen and oxygen atoms in total. The number of hydrogen-bond donors (Lipinski definition) is 0. The van der Waals surface area contributed by atoms with Crippen molar-refractivity contribution in [3.63, 3.8) is 0 Å². The minimum Gasteiger partial charge on any atom is -0.303 e. The highest BCUT2D eigenvalue weighted by atomic mass is 16.1. The van der Waals surface area contributed by atoms with Gasteiger partial charge in [0, 0.05) is 6.42 Å². The molecule has 82 valence electrons. The van der Waals surface area contributed by atoms with Gasteiger partial charge in [0.2, 0.25) is 0 Å². The quantitative estimate of drug-likeness (QED) is 0.510. The van der Waals surface area contributed by atoms with E-state index in [0.717, 1.165) is 19.1 Å². The first-order valence-corrected chi connectivity index (χ1v) is 5.80. The monoisotopic (exact) mass is 204 g/mol. The number of hydrogen-bond acceptors (Lipinski definition) is 1. The van der Waals surface area contributed by atoms with E-state index in [1.807, 2.05) is 0 Å². The molecule has 0 saturated heterocycles. The molecule has 0 aliphatic heterocycles. The van der Waals surface area contributed by atoms with E-state index < -0.39 is 0 Å². The highest BCUT2D eigenvalue weighted by Crippen LogP contribution is 2.19. The molecule has 15 heavy (non-hydrogen) atoms. The van der Waals surface area contributed by atoms with Crippen LogP contribution in [0.2, 0.25) is 0 Å². The summed E-state index contributed by atoms with van der Waals surface area (Å²) >= 11 is 0. The first kappa shape index (κ1) is 12.0. The maximum absolute atomic E-state index is 10.2. The van der Waals surface area contributed by atoms with Crippen LogP contribution in [0.4, 0.5) is 0 Å². The Kier molecular flexibility index (Phi) is 5.09. The molecule has 0 amide bonds. The van der Waals surface area contributed by atoms with E-state index >= 15 is 0 Å². The Morgan fingerprint density at radius 1 is 1.27 bits per heavy atom. The summed E-state index contributed by atoms with van der Waals surface area (Å²) in [6.45, 7) is 4.46. The zero-order valence-corrected chi connectivity index (χ0v) is 9.70. The molecule has 0 aliphatic rings. The van der Waals surface area contributed by atoms with Crippen molar-refractivity contribution >= 4 is 6.29 Å². The second-order valence-corrected chi connectivity index (χ2v) is 4.11. The molecular formula is C14H20O. The van der Waals surface area contributed by atoms with Crippen molar-refractivity contribution < 1.29 is 4.79 Å². The fourth-order valence-corrected chi connectivity index (χ4v) is 1.64. The lowest BCUT2D eigenvalue weighted by atomic mass is 9.96. The Balaban J connectivity index is 2.52. The molecule has 0 fully saturated rings. The number of aldehydes is 1. The third kappa shape index (κ3) is 3.86. The standard InChI is InChI=1S/C14H20O/c1-3-12(2)14-9-7-13(8-10-14)6-4-5-11-15/h7-12H,3-6H2,1-2H3. The van der Waals surface area contributed by atoms with Crippen LogP contribution in [0.3, 0.4) is 0 Å². The summed E-state index contributed by atoms with van der Waals surface area (Å²) in [5.41, 5.74) is 2.75. The molecular weight excluding hydrogens is 184 g/mol. The number of carbonyl (C=O) groups is 1. The number of aryl methyl sites for hydroxylation is 1. The number of carbonyl (C=O) groups excluding carboxylic acids is 1. The Hall–Kier alpha value is -1.11. The van der Waals surface area contributed by atoms with E-state index in [9.17, 15) is 4.79 Å². The van der Waals surface area contributed by atoms with Gasteiger partial charge in [0.25, 0.3) is 0 Å². The lowest BCUT2D eigenvalue weighted by Gasteiger charge is -2.09. The number of rotatable bonds is 6. The maximum Gasteiger partial charge on any atom is 0.120 e. The predicted octanol–water partition coefficient (Wildman–Crippen LogP) is 3.72. The molecule has 1 unspecified atom stereocenters.